The highest BCUT2D eigenvalue weighted by molar-refractivity contribution is 9.10. The standard InChI is InChI=1S/C13H21BrN4O3/c1-3-21-10-6-8(15)12(10)17-9-7-16-18(4-5-20-2)13(19)11(9)14/h7-8,10,12,17H,3-6,15H2,1-2H3. The van der Waals surface area contributed by atoms with Gasteiger partial charge in [-0.1, -0.05) is 0 Å². The van der Waals surface area contributed by atoms with Crippen molar-refractivity contribution in [2.24, 2.45) is 5.73 Å². The maximum atomic E-state index is 12.2. The number of hydrogen-bond donors (Lipinski definition) is 2. The lowest BCUT2D eigenvalue weighted by atomic mass is 9.83. The van der Waals surface area contributed by atoms with Gasteiger partial charge >= 0.3 is 0 Å². The van der Waals surface area contributed by atoms with Crippen LogP contribution in [0.3, 0.4) is 0 Å². The number of ether oxygens (including phenoxy) is 2. The van der Waals surface area contributed by atoms with Crippen molar-refractivity contribution >= 4 is 21.6 Å². The molecule has 0 aromatic carbocycles. The van der Waals surface area contributed by atoms with Crippen molar-refractivity contribution < 1.29 is 9.47 Å². The Bertz CT molecular complexity index is 535. The molecule has 1 aliphatic carbocycles. The zero-order valence-electron chi connectivity index (χ0n) is 12.2. The van der Waals surface area contributed by atoms with Crippen LogP contribution in [-0.4, -0.2) is 48.3 Å². The summed E-state index contributed by atoms with van der Waals surface area (Å²) in [4.78, 5) is 12.2. The average molecular weight is 361 g/mol. The minimum Gasteiger partial charge on any atom is -0.383 e. The van der Waals surface area contributed by atoms with Crippen molar-refractivity contribution in [2.45, 2.75) is 38.1 Å². The third-order valence-corrected chi connectivity index (χ3v) is 4.33. The van der Waals surface area contributed by atoms with Gasteiger partial charge in [-0.05, 0) is 29.3 Å². The van der Waals surface area contributed by atoms with Gasteiger partial charge in [-0.25, -0.2) is 4.68 Å². The molecule has 1 aromatic rings. The Morgan fingerprint density at radius 1 is 1.62 bits per heavy atom. The quantitative estimate of drug-likeness (QED) is 0.738. The second-order valence-electron chi connectivity index (χ2n) is 4.96. The van der Waals surface area contributed by atoms with E-state index in [-0.39, 0.29) is 23.7 Å². The van der Waals surface area contributed by atoms with E-state index >= 15 is 0 Å². The molecule has 21 heavy (non-hydrogen) atoms. The second-order valence-corrected chi connectivity index (χ2v) is 5.75. The van der Waals surface area contributed by atoms with Crippen LogP contribution in [-0.2, 0) is 16.0 Å². The van der Waals surface area contributed by atoms with Crippen molar-refractivity contribution in [3.05, 3.63) is 21.0 Å². The van der Waals surface area contributed by atoms with Crippen LogP contribution in [0, 0.1) is 0 Å². The van der Waals surface area contributed by atoms with Gasteiger partial charge in [-0.15, -0.1) is 0 Å². The fraction of sp³-hybridized carbons (Fsp3) is 0.692. The molecule has 1 fully saturated rings. The molecule has 0 bridgehead atoms. The molecule has 118 valence electrons. The third kappa shape index (κ3) is 3.63. The van der Waals surface area contributed by atoms with Crippen LogP contribution in [0.5, 0.6) is 0 Å². The van der Waals surface area contributed by atoms with Crippen molar-refractivity contribution in [3.8, 4) is 0 Å². The first-order chi connectivity index (χ1) is 10.1. The summed E-state index contributed by atoms with van der Waals surface area (Å²) in [7, 11) is 1.59. The number of rotatable bonds is 7. The first kappa shape index (κ1) is 16.4. The number of nitrogens with two attached hydrogens (primary N) is 1. The molecule has 1 saturated carbocycles. The Morgan fingerprint density at radius 3 is 3.00 bits per heavy atom. The second kappa shape index (κ2) is 7.35. The molecule has 7 nitrogen and oxygen atoms in total. The molecule has 3 unspecified atom stereocenters. The molecule has 1 aliphatic rings. The Morgan fingerprint density at radius 2 is 2.38 bits per heavy atom. The number of aromatic nitrogens is 2. The fourth-order valence-corrected chi connectivity index (χ4v) is 2.73. The van der Waals surface area contributed by atoms with E-state index in [1.54, 1.807) is 13.3 Å². The van der Waals surface area contributed by atoms with Gasteiger partial charge in [0.05, 0.1) is 37.2 Å². The fourth-order valence-electron chi connectivity index (χ4n) is 2.31. The Kier molecular flexibility index (Phi) is 5.74. The van der Waals surface area contributed by atoms with E-state index in [1.807, 2.05) is 6.92 Å². The lowest BCUT2D eigenvalue weighted by Gasteiger charge is -2.43. The molecule has 2 rings (SSSR count). The summed E-state index contributed by atoms with van der Waals surface area (Å²) >= 11 is 3.33. The van der Waals surface area contributed by atoms with Gasteiger partial charge in [0.25, 0.3) is 5.56 Å². The smallest absolute Gasteiger partial charge is 0.283 e. The Balaban J connectivity index is 2.10. The van der Waals surface area contributed by atoms with Crippen LogP contribution in [0.4, 0.5) is 5.69 Å². The highest BCUT2D eigenvalue weighted by atomic mass is 79.9. The number of methoxy groups -OCH3 is 1. The van der Waals surface area contributed by atoms with Crippen LogP contribution >= 0.6 is 15.9 Å². The van der Waals surface area contributed by atoms with E-state index in [0.717, 1.165) is 6.42 Å². The minimum absolute atomic E-state index is 0.00252. The zero-order chi connectivity index (χ0) is 15.4. The Labute approximate surface area is 131 Å². The normalized spacial score (nSPS) is 24.7. The first-order valence-electron chi connectivity index (χ1n) is 6.96. The zero-order valence-corrected chi connectivity index (χ0v) is 13.8. The van der Waals surface area contributed by atoms with Gasteiger partial charge in [-0.2, -0.15) is 5.10 Å². The third-order valence-electron chi connectivity index (χ3n) is 3.56. The van der Waals surface area contributed by atoms with Crippen LogP contribution in [0.15, 0.2) is 15.5 Å². The van der Waals surface area contributed by atoms with Gasteiger partial charge in [0.2, 0.25) is 0 Å². The average Bonchev–Trinajstić information content (AvgIpc) is 2.47. The summed E-state index contributed by atoms with van der Waals surface area (Å²) in [6.45, 7) is 3.45. The molecule has 0 radical (unpaired) electrons. The van der Waals surface area contributed by atoms with E-state index in [2.05, 4.69) is 26.3 Å². The van der Waals surface area contributed by atoms with E-state index in [1.165, 1.54) is 4.68 Å². The van der Waals surface area contributed by atoms with Crippen molar-refractivity contribution in [1.82, 2.24) is 9.78 Å². The molecule has 0 amide bonds. The van der Waals surface area contributed by atoms with Gasteiger partial charge in [0.15, 0.2) is 0 Å². The maximum Gasteiger partial charge on any atom is 0.283 e. The summed E-state index contributed by atoms with van der Waals surface area (Å²) in [5, 5.41) is 7.39. The largest absolute Gasteiger partial charge is 0.383 e. The molecule has 0 spiro atoms. The molecule has 1 aromatic heterocycles. The molecule has 3 N–H and O–H groups in total. The topological polar surface area (TPSA) is 91.4 Å². The van der Waals surface area contributed by atoms with Crippen molar-refractivity contribution in [2.75, 3.05) is 25.6 Å². The van der Waals surface area contributed by atoms with Crippen LogP contribution in [0.1, 0.15) is 13.3 Å². The van der Waals surface area contributed by atoms with Crippen LogP contribution in [0.25, 0.3) is 0 Å². The molecular formula is C13H21BrN4O3. The van der Waals surface area contributed by atoms with Gasteiger partial charge < -0.3 is 20.5 Å². The maximum absolute atomic E-state index is 12.2. The van der Waals surface area contributed by atoms with E-state index in [0.29, 0.717) is 29.9 Å². The molecule has 0 saturated heterocycles. The molecule has 3 atom stereocenters. The lowest BCUT2D eigenvalue weighted by Crippen LogP contribution is -2.60. The van der Waals surface area contributed by atoms with Crippen molar-refractivity contribution in [1.29, 1.82) is 0 Å². The summed E-state index contributed by atoms with van der Waals surface area (Å²) in [6.07, 6.45) is 2.52. The molecule has 0 aliphatic heterocycles. The molecule has 8 heteroatoms. The Hall–Kier alpha value is -0.960. The summed E-state index contributed by atoms with van der Waals surface area (Å²) in [5.41, 5.74) is 6.44. The lowest BCUT2D eigenvalue weighted by molar-refractivity contribution is -0.0126. The predicted octanol–water partition coefficient (Wildman–Crippen LogP) is 0.569. The first-order valence-corrected chi connectivity index (χ1v) is 7.76. The van der Waals surface area contributed by atoms with E-state index < -0.39 is 0 Å². The van der Waals surface area contributed by atoms with Crippen LogP contribution in [0.2, 0.25) is 0 Å². The predicted molar refractivity (Wildman–Crippen MR) is 83.5 cm³/mol. The SMILES string of the molecule is CCOC1CC(N)C1Nc1cnn(CCOC)c(=O)c1Br. The van der Waals surface area contributed by atoms with Crippen molar-refractivity contribution in [3.63, 3.8) is 0 Å². The number of hydrogen-bond acceptors (Lipinski definition) is 6. The van der Waals surface area contributed by atoms with Gasteiger partial charge in [0.1, 0.15) is 4.47 Å². The van der Waals surface area contributed by atoms with E-state index in [4.69, 9.17) is 15.2 Å². The summed E-state index contributed by atoms with van der Waals surface area (Å²) in [5.74, 6) is 0. The highest BCUT2D eigenvalue weighted by Gasteiger charge is 2.39. The van der Waals surface area contributed by atoms with E-state index in [9.17, 15) is 4.79 Å². The van der Waals surface area contributed by atoms with Gasteiger partial charge in [-0.3, -0.25) is 4.79 Å². The number of halogens is 1. The summed E-state index contributed by atoms with van der Waals surface area (Å²) in [6, 6.07) is 0.0154. The summed E-state index contributed by atoms with van der Waals surface area (Å²) < 4.78 is 12.4. The van der Waals surface area contributed by atoms with Crippen LogP contribution < -0.4 is 16.6 Å². The molecular weight excluding hydrogens is 340 g/mol. The highest BCUT2D eigenvalue weighted by Crippen LogP contribution is 2.28. The van der Waals surface area contributed by atoms with Gasteiger partial charge in [0, 0.05) is 19.8 Å². The number of nitrogens with zero attached hydrogens (tertiary/aromatic N) is 2. The number of nitrogens with one attached hydrogen (secondary N) is 1. The number of anilines is 1. The monoisotopic (exact) mass is 360 g/mol. The molecule has 1 heterocycles. The minimum atomic E-state index is -0.196.